The largest absolute Gasteiger partial charge is 0.478 e. The molecule has 0 aliphatic carbocycles. The van der Waals surface area contributed by atoms with Gasteiger partial charge in [0.15, 0.2) is 0 Å². The second-order valence-electron chi connectivity index (χ2n) is 4.75. The van der Waals surface area contributed by atoms with Crippen LogP contribution in [0.2, 0.25) is 0 Å². The van der Waals surface area contributed by atoms with Crippen molar-refractivity contribution >= 4 is 5.97 Å². The molecule has 0 unspecified atom stereocenters. The van der Waals surface area contributed by atoms with Crippen molar-refractivity contribution in [3.8, 4) is 16.9 Å². The highest BCUT2D eigenvalue weighted by molar-refractivity contribution is 5.91. The molecule has 0 atom stereocenters. The van der Waals surface area contributed by atoms with E-state index in [-0.39, 0.29) is 0 Å². The van der Waals surface area contributed by atoms with Gasteiger partial charge in [-0.1, -0.05) is 18.2 Å². The third-order valence-electron chi connectivity index (χ3n) is 3.45. The fourth-order valence-electron chi connectivity index (χ4n) is 2.46. The zero-order valence-electron chi connectivity index (χ0n) is 11.5. The van der Waals surface area contributed by atoms with Crippen molar-refractivity contribution in [1.82, 2.24) is 9.55 Å². The lowest BCUT2D eigenvalue weighted by molar-refractivity contribution is 0.0696. The average molecular weight is 278 g/mol. The lowest BCUT2D eigenvalue weighted by Crippen LogP contribution is -2.02. The predicted octanol–water partition coefficient (Wildman–Crippen LogP) is 3.55. The molecule has 4 heteroatoms. The third-order valence-corrected chi connectivity index (χ3v) is 3.45. The van der Waals surface area contributed by atoms with Crippen LogP contribution in [0.25, 0.3) is 16.9 Å². The number of carbonyl (C=O) groups is 1. The van der Waals surface area contributed by atoms with Crippen molar-refractivity contribution in [2.75, 3.05) is 0 Å². The number of pyridine rings is 1. The molecule has 0 bridgehead atoms. The van der Waals surface area contributed by atoms with Gasteiger partial charge in [0.2, 0.25) is 0 Å². The summed E-state index contributed by atoms with van der Waals surface area (Å²) < 4.78 is 1.94. The first kappa shape index (κ1) is 13.1. The summed E-state index contributed by atoms with van der Waals surface area (Å²) in [7, 11) is 0. The number of nitrogens with zero attached hydrogens (tertiary/aromatic N) is 2. The smallest absolute Gasteiger partial charge is 0.337 e. The molecule has 1 aromatic carbocycles. The van der Waals surface area contributed by atoms with Gasteiger partial charge in [0.1, 0.15) is 0 Å². The number of hydrogen-bond donors (Lipinski definition) is 1. The highest BCUT2D eigenvalue weighted by atomic mass is 16.4. The monoisotopic (exact) mass is 278 g/mol. The van der Waals surface area contributed by atoms with E-state index in [1.54, 1.807) is 18.5 Å². The van der Waals surface area contributed by atoms with Crippen molar-refractivity contribution in [3.63, 3.8) is 0 Å². The summed E-state index contributed by atoms with van der Waals surface area (Å²) in [5, 5.41) is 9.37. The molecule has 0 aliphatic rings. The van der Waals surface area contributed by atoms with Crippen LogP contribution in [0.4, 0.5) is 0 Å². The Balaban J connectivity index is 2.29. The first-order valence-electron chi connectivity index (χ1n) is 6.60. The maximum absolute atomic E-state index is 11.4. The summed E-state index contributed by atoms with van der Waals surface area (Å²) in [5.41, 5.74) is 3.65. The van der Waals surface area contributed by atoms with Crippen molar-refractivity contribution in [2.24, 2.45) is 0 Å². The lowest BCUT2D eigenvalue weighted by atomic mass is 10.2. The number of hydrogen-bond acceptors (Lipinski definition) is 2. The number of carboxylic acid groups (broad SMARTS) is 1. The second-order valence-corrected chi connectivity index (χ2v) is 4.75. The van der Waals surface area contributed by atoms with E-state index in [0.717, 1.165) is 16.9 Å². The van der Waals surface area contributed by atoms with Gasteiger partial charge in [0.05, 0.1) is 11.3 Å². The van der Waals surface area contributed by atoms with E-state index in [2.05, 4.69) is 4.98 Å². The minimum atomic E-state index is -0.924. The van der Waals surface area contributed by atoms with Crippen LogP contribution in [-0.4, -0.2) is 20.6 Å². The molecule has 0 saturated carbocycles. The number of rotatable bonds is 3. The molecule has 21 heavy (non-hydrogen) atoms. The van der Waals surface area contributed by atoms with E-state index in [4.69, 9.17) is 0 Å². The Bertz CT molecular complexity index is 777. The maximum Gasteiger partial charge on any atom is 0.337 e. The molecule has 1 N–H and O–H groups in total. The molecule has 0 spiro atoms. The molecule has 0 fully saturated rings. The maximum atomic E-state index is 11.4. The lowest BCUT2D eigenvalue weighted by Gasteiger charge is -2.11. The Hall–Kier alpha value is -2.88. The van der Waals surface area contributed by atoms with Gasteiger partial charge in [-0.3, -0.25) is 4.98 Å². The first-order valence-corrected chi connectivity index (χ1v) is 6.60. The van der Waals surface area contributed by atoms with E-state index in [0.29, 0.717) is 11.3 Å². The van der Waals surface area contributed by atoms with E-state index < -0.39 is 5.97 Å². The van der Waals surface area contributed by atoms with E-state index in [1.807, 2.05) is 54.0 Å². The Morgan fingerprint density at radius 1 is 1.14 bits per heavy atom. The highest BCUT2D eigenvalue weighted by Crippen LogP contribution is 2.28. The summed E-state index contributed by atoms with van der Waals surface area (Å²) in [5.74, 6) is -0.924. The van der Waals surface area contributed by atoms with Crippen LogP contribution in [0.1, 0.15) is 16.1 Å². The molecular weight excluding hydrogens is 264 g/mol. The van der Waals surface area contributed by atoms with Crippen LogP contribution >= 0.6 is 0 Å². The summed E-state index contributed by atoms with van der Waals surface area (Å²) in [6.07, 6.45) is 3.43. The van der Waals surface area contributed by atoms with Gasteiger partial charge in [-0.05, 0) is 37.3 Å². The molecule has 104 valence electrons. The van der Waals surface area contributed by atoms with Crippen LogP contribution in [0.5, 0.6) is 0 Å². The third kappa shape index (κ3) is 2.31. The summed E-state index contributed by atoms with van der Waals surface area (Å²) in [4.78, 5) is 15.5. The molecule has 0 aliphatic heterocycles. The first-order chi connectivity index (χ1) is 10.2. The topological polar surface area (TPSA) is 55.1 Å². The number of aromatic carboxylic acids is 1. The van der Waals surface area contributed by atoms with Crippen LogP contribution in [-0.2, 0) is 0 Å². The van der Waals surface area contributed by atoms with Gasteiger partial charge in [0, 0.05) is 29.3 Å². The minimum Gasteiger partial charge on any atom is -0.478 e. The number of para-hydroxylation sites is 1. The van der Waals surface area contributed by atoms with Crippen LogP contribution in [0, 0.1) is 6.92 Å². The van der Waals surface area contributed by atoms with Crippen molar-refractivity contribution in [2.45, 2.75) is 6.92 Å². The molecule has 2 aromatic heterocycles. The van der Waals surface area contributed by atoms with Crippen LogP contribution < -0.4 is 0 Å². The SMILES string of the molecule is Cc1c(C(=O)O)cc(-c2cccnc2)n1-c1ccccc1. The molecule has 0 amide bonds. The normalized spacial score (nSPS) is 10.5. The zero-order chi connectivity index (χ0) is 14.8. The minimum absolute atomic E-state index is 0.303. The van der Waals surface area contributed by atoms with Crippen LogP contribution in [0.15, 0.2) is 60.9 Å². The summed E-state index contributed by atoms with van der Waals surface area (Å²) in [6.45, 7) is 1.82. The van der Waals surface area contributed by atoms with Gasteiger partial charge >= 0.3 is 5.97 Å². The Morgan fingerprint density at radius 2 is 1.90 bits per heavy atom. The molecule has 3 aromatic rings. The van der Waals surface area contributed by atoms with Crippen molar-refractivity contribution < 1.29 is 9.90 Å². The van der Waals surface area contributed by atoms with Crippen molar-refractivity contribution in [3.05, 3.63) is 72.2 Å². The highest BCUT2D eigenvalue weighted by Gasteiger charge is 2.18. The molecule has 0 saturated heterocycles. The standard InChI is InChI=1S/C17H14N2O2/c1-12-15(17(20)21)10-16(13-6-5-9-18-11-13)19(12)14-7-3-2-4-8-14/h2-11H,1H3,(H,20,21). The molecule has 4 nitrogen and oxygen atoms in total. The van der Waals surface area contributed by atoms with E-state index >= 15 is 0 Å². The quantitative estimate of drug-likeness (QED) is 0.797. The number of aromatic nitrogens is 2. The molecular formula is C17H14N2O2. The molecule has 2 heterocycles. The number of carboxylic acids is 1. The van der Waals surface area contributed by atoms with Gasteiger partial charge < -0.3 is 9.67 Å². The molecule has 0 radical (unpaired) electrons. The van der Waals surface area contributed by atoms with Gasteiger partial charge in [-0.2, -0.15) is 0 Å². The van der Waals surface area contributed by atoms with Gasteiger partial charge in [-0.15, -0.1) is 0 Å². The Kier molecular flexibility index (Phi) is 3.28. The van der Waals surface area contributed by atoms with Crippen molar-refractivity contribution in [1.29, 1.82) is 0 Å². The number of benzene rings is 1. The van der Waals surface area contributed by atoms with E-state index in [1.165, 1.54) is 0 Å². The predicted molar refractivity (Wildman–Crippen MR) is 80.7 cm³/mol. The Morgan fingerprint density at radius 3 is 2.52 bits per heavy atom. The van der Waals surface area contributed by atoms with Gasteiger partial charge in [-0.25, -0.2) is 4.79 Å². The summed E-state index contributed by atoms with van der Waals surface area (Å²) >= 11 is 0. The summed E-state index contributed by atoms with van der Waals surface area (Å²) in [6, 6.07) is 15.2. The van der Waals surface area contributed by atoms with Gasteiger partial charge in [0.25, 0.3) is 0 Å². The Labute approximate surface area is 122 Å². The average Bonchev–Trinajstić information content (AvgIpc) is 2.87. The molecule has 3 rings (SSSR count). The second kappa shape index (κ2) is 5.25. The fourth-order valence-corrected chi connectivity index (χ4v) is 2.46. The van der Waals surface area contributed by atoms with Crippen LogP contribution in [0.3, 0.4) is 0 Å². The zero-order valence-corrected chi connectivity index (χ0v) is 11.5. The fraction of sp³-hybridized carbons (Fsp3) is 0.0588. The van der Waals surface area contributed by atoms with E-state index in [9.17, 15) is 9.90 Å².